The molecular formula is C9H17N3OS. The summed E-state index contributed by atoms with van der Waals surface area (Å²) in [6.45, 7) is 5.03. The summed E-state index contributed by atoms with van der Waals surface area (Å²) in [4.78, 5) is 0. The van der Waals surface area contributed by atoms with E-state index >= 15 is 0 Å². The molecule has 4 nitrogen and oxygen atoms in total. The largest absolute Gasteiger partial charge is 0.377 e. The number of thiocarbonyl (C=S) groups is 1. The van der Waals surface area contributed by atoms with E-state index in [0.29, 0.717) is 5.92 Å². The van der Waals surface area contributed by atoms with Gasteiger partial charge in [0, 0.05) is 18.6 Å². The van der Waals surface area contributed by atoms with E-state index in [9.17, 15) is 0 Å². The van der Waals surface area contributed by atoms with E-state index in [1.54, 1.807) is 0 Å². The molecule has 0 aromatic rings. The Kier molecular flexibility index (Phi) is 4.28. The third-order valence-corrected chi connectivity index (χ3v) is 2.32. The predicted molar refractivity (Wildman–Crippen MR) is 61.2 cm³/mol. The molecule has 1 heterocycles. The van der Waals surface area contributed by atoms with Crippen LogP contribution in [-0.2, 0) is 4.74 Å². The summed E-state index contributed by atoms with van der Waals surface area (Å²) in [5.41, 5.74) is 8.99. The summed E-state index contributed by atoms with van der Waals surface area (Å²) in [6, 6.07) is 0. The second kappa shape index (κ2) is 5.26. The molecular weight excluding hydrogens is 198 g/mol. The fourth-order valence-electron chi connectivity index (χ4n) is 1.39. The van der Waals surface area contributed by atoms with Crippen LogP contribution in [0.3, 0.4) is 0 Å². The van der Waals surface area contributed by atoms with E-state index in [4.69, 9.17) is 10.5 Å². The maximum absolute atomic E-state index is 5.60. The van der Waals surface area contributed by atoms with Crippen LogP contribution in [0.5, 0.6) is 0 Å². The molecule has 1 atom stereocenters. The first-order valence-corrected chi connectivity index (χ1v) is 5.23. The van der Waals surface area contributed by atoms with Gasteiger partial charge in [0.1, 0.15) is 0 Å². The van der Waals surface area contributed by atoms with Gasteiger partial charge < -0.3 is 10.5 Å². The van der Waals surface area contributed by atoms with Crippen molar-refractivity contribution in [3.05, 3.63) is 0 Å². The minimum absolute atomic E-state index is 0.213. The topological polar surface area (TPSA) is 59.6 Å². The number of nitrogens with two attached hydrogens (primary N) is 1. The summed E-state index contributed by atoms with van der Waals surface area (Å²) in [5.74, 6) is 0.519. The van der Waals surface area contributed by atoms with Crippen LogP contribution in [0.2, 0.25) is 0 Å². The van der Waals surface area contributed by atoms with Gasteiger partial charge in [0.05, 0.1) is 12.7 Å². The molecule has 0 aliphatic carbocycles. The average Bonchev–Trinajstić information content (AvgIpc) is 2.15. The van der Waals surface area contributed by atoms with Gasteiger partial charge in [-0.05, 0) is 18.1 Å². The van der Waals surface area contributed by atoms with E-state index in [0.717, 1.165) is 25.2 Å². The number of rotatable bonds is 2. The second-order valence-electron chi connectivity index (χ2n) is 3.76. The Morgan fingerprint density at radius 2 is 2.43 bits per heavy atom. The second-order valence-corrected chi connectivity index (χ2v) is 4.20. The number of ether oxygens (including phenoxy) is 1. The van der Waals surface area contributed by atoms with Crippen LogP contribution in [0.4, 0.5) is 0 Å². The van der Waals surface area contributed by atoms with E-state index in [1.807, 2.05) is 0 Å². The molecule has 1 rings (SSSR count). The summed E-state index contributed by atoms with van der Waals surface area (Å²) in [5, 5.41) is 4.35. The van der Waals surface area contributed by atoms with Crippen molar-refractivity contribution in [1.82, 2.24) is 5.43 Å². The van der Waals surface area contributed by atoms with Crippen LogP contribution >= 0.6 is 12.2 Å². The Morgan fingerprint density at radius 3 is 3.00 bits per heavy atom. The number of hydrazone groups is 1. The highest BCUT2D eigenvalue weighted by Gasteiger charge is 2.21. The molecule has 14 heavy (non-hydrogen) atoms. The summed E-state index contributed by atoms with van der Waals surface area (Å²) < 4.78 is 5.60. The molecule has 0 amide bonds. The maximum Gasteiger partial charge on any atom is 0.184 e. The molecule has 1 saturated heterocycles. The summed E-state index contributed by atoms with van der Waals surface area (Å²) in [6.07, 6.45) is 2.00. The highest BCUT2D eigenvalue weighted by Crippen LogP contribution is 2.17. The quantitative estimate of drug-likeness (QED) is 0.533. The third kappa shape index (κ3) is 3.59. The smallest absolute Gasteiger partial charge is 0.184 e. The normalized spacial score (nSPS) is 25.4. The fourth-order valence-corrected chi connectivity index (χ4v) is 1.43. The van der Waals surface area contributed by atoms with Gasteiger partial charge in [-0.25, -0.2) is 0 Å². The fraction of sp³-hybridized carbons (Fsp3) is 0.778. The lowest BCUT2D eigenvalue weighted by Crippen LogP contribution is -2.32. The predicted octanol–water partition coefficient (Wildman–Crippen LogP) is 1.01. The van der Waals surface area contributed by atoms with Crippen molar-refractivity contribution in [3.8, 4) is 0 Å². The monoisotopic (exact) mass is 215 g/mol. The highest BCUT2D eigenvalue weighted by molar-refractivity contribution is 7.80. The minimum Gasteiger partial charge on any atom is -0.377 e. The van der Waals surface area contributed by atoms with E-state index in [2.05, 4.69) is 36.6 Å². The molecule has 0 aromatic carbocycles. The Hall–Kier alpha value is -0.680. The van der Waals surface area contributed by atoms with Gasteiger partial charge in [-0.15, -0.1) is 0 Å². The SMILES string of the molecule is CC(C)C1C/C(=N\NC(N)=S)CCO1. The maximum atomic E-state index is 5.60. The van der Waals surface area contributed by atoms with Crippen molar-refractivity contribution in [2.45, 2.75) is 32.8 Å². The van der Waals surface area contributed by atoms with Crippen molar-refractivity contribution in [2.75, 3.05) is 6.61 Å². The molecule has 80 valence electrons. The van der Waals surface area contributed by atoms with Crippen molar-refractivity contribution < 1.29 is 4.74 Å². The molecule has 1 fully saturated rings. The van der Waals surface area contributed by atoms with E-state index in [-0.39, 0.29) is 11.2 Å². The van der Waals surface area contributed by atoms with Crippen LogP contribution in [-0.4, -0.2) is 23.5 Å². The molecule has 3 N–H and O–H groups in total. The van der Waals surface area contributed by atoms with Gasteiger partial charge in [0.25, 0.3) is 0 Å². The Labute approximate surface area is 89.9 Å². The van der Waals surface area contributed by atoms with Crippen molar-refractivity contribution in [3.63, 3.8) is 0 Å². The zero-order chi connectivity index (χ0) is 10.6. The lowest BCUT2D eigenvalue weighted by molar-refractivity contribution is 0.0197. The van der Waals surface area contributed by atoms with Crippen molar-refractivity contribution in [2.24, 2.45) is 16.8 Å². The Bertz CT molecular complexity index is 240. The van der Waals surface area contributed by atoms with Gasteiger partial charge in [-0.3, -0.25) is 5.43 Å². The molecule has 0 radical (unpaired) electrons. The van der Waals surface area contributed by atoms with E-state index in [1.165, 1.54) is 0 Å². The van der Waals surface area contributed by atoms with E-state index < -0.39 is 0 Å². The van der Waals surface area contributed by atoms with Crippen LogP contribution in [0.1, 0.15) is 26.7 Å². The summed E-state index contributed by atoms with van der Waals surface area (Å²) >= 11 is 4.67. The minimum atomic E-state index is 0.213. The number of hydrogen-bond donors (Lipinski definition) is 2. The zero-order valence-corrected chi connectivity index (χ0v) is 9.43. The highest BCUT2D eigenvalue weighted by atomic mass is 32.1. The Balaban J connectivity index is 2.47. The number of nitrogens with zero attached hydrogens (tertiary/aromatic N) is 1. The molecule has 0 spiro atoms. The molecule has 0 bridgehead atoms. The van der Waals surface area contributed by atoms with Gasteiger partial charge >= 0.3 is 0 Å². The van der Waals surface area contributed by atoms with Crippen LogP contribution < -0.4 is 11.2 Å². The zero-order valence-electron chi connectivity index (χ0n) is 8.62. The van der Waals surface area contributed by atoms with Crippen LogP contribution in [0, 0.1) is 5.92 Å². The van der Waals surface area contributed by atoms with Crippen molar-refractivity contribution in [1.29, 1.82) is 0 Å². The van der Waals surface area contributed by atoms with Gasteiger partial charge in [0.2, 0.25) is 0 Å². The number of hydrogen-bond acceptors (Lipinski definition) is 3. The third-order valence-electron chi connectivity index (χ3n) is 2.23. The number of nitrogens with one attached hydrogen (secondary N) is 1. The lowest BCUT2D eigenvalue weighted by atomic mass is 9.98. The molecule has 5 heteroatoms. The first-order valence-electron chi connectivity index (χ1n) is 4.82. The Morgan fingerprint density at radius 1 is 1.71 bits per heavy atom. The van der Waals surface area contributed by atoms with Gasteiger partial charge in [-0.2, -0.15) is 5.10 Å². The molecule has 1 aliphatic rings. The van der Waals surface area contributed by atoms with Crippen molar-refractivity contribution >= 4 is 23.0 Å². The van der Waals surface area contributed by atoms with Gasteiger partial charge in [0.15, 0.2) is 5.11 Å². The molecule has 0 saturated carbocycles. The summed E-state index contributed by atoms with van der Waals surface area (Å²) in [7, 11) is 0. The molecule has 1 aliphatic heterocycles. The molecule has 1 unspecified atom stereocenters. The lowest BCUT2D eigenvalue weighted by Gasteiger charge is -2.26. The average molecular weight is 215 g/mol. The molecule has 0 aromatic heterocycles. The van der Waals surface area contributed by atoms with Gasteiger partial charge in [-0.1, -0.05) is 13.8 Å². The standard InChI is InChI=1S/C9H17N3OS/c1-6(2)8-5-7(3-4-13-8)11-12-9(10)14/h6,8H,3-5H2,1-2H3,(H3,10,12,14)/b11-7-. The first-order chi connectivity index (χ1) is 6.59. The van der Waals surface area contributed by atoms with Crippen LogP contribution in [0.25, 0.3) is 0 Å². The first kappa shape index (κ1) is 11.4. The van der Waals surface area contributed by atoms with Crippen LogP contribution in [0.15, 0.2) is 5.10 Å².